The molecule has 14 aromatic rings. The van der Waals surface area contributed by atoms with E-state index in [0.717, 1.165) is 147 Å². The van der Waals surface area contributed by atoms with Crippen molar-refractivity contribution in [2.24, 2.45) is 0 Å². The first-order chi connectivity index (χ1) is 45.3. The zero-order valence-electron chi connectivity index (χ0n) is 55.4. The van der Waals surface area contributed by atoms with Crippen molar-refractivity contribution in [2.75, 3.05) is 14.6 Å². The minimum absolute atomic E-state index is 0.00880. The summed E-state index contributed by atoms with van der Waals surface area (Å²) in [6, 6.07) is 95.3. The molecule has 5 nitrogen and oxygen atoms in total. The maximum Gasteiger partial charge on any atom is 0.333 e. The van der Waals surface area contributed by atoms with Crippen molar-refractivity contribution in [1.29, 1.82) is 0 Å². The van der Waals surface area contributed by atoms with Crippen LogP contribution >= 0.6 is 0 Å². The smallest absolute Gasteiger partial charge is 0.333 e. The Hall–Kier alpha value is -10.3. The zero-order chi connectivity index (χ0) is 64.2. The lowest BCUT2D eigenvalue weighted by atomic mass is 9.43. The molecule has 12 aromatic carbocycles. The van der Waals surface area contributed by atoms with E-state index in [1.165, 1.54) is 33.2 Å². The lowest BCUT2D eigenvalue weighted by molar-refractivity contribution is 0.332. The van der Waals surface area contributed by atoms with Crippen molar-refractivity contribution in [2.45, 2.75) is 104 Å². The SMILES string of the molecule is CC(C)(C)c1ccc(N2B3c4ccc(N(c5cccc(-c6ccccc6)c5)c5cccc(-c6ccccc6)c5)cc4N(c4ccc(C(C)(C)C)cc4-c4ccccc4)c4cc5c(oc6ccccc65)c(c43)-c3cc4oc5cc6c(cc5c4cc32)C(C)(C)CCC6(C)C)cc1. The van der Waals surface area contributed by atoms with E-state index in [1.54, 1.807) is 0 Å². The highest BCUT2D eigenvalue weighted by Gasteiger charge is 2.48. The molecule has 94 heavy (non-hydrogen) atoms. The van der Waals surface area contributed by atoms with Crippen LogP contribution in [-0.4, -0.2) is 6.85 Å². The molecule has 1 aliphatic carbocycles. The first-order valence-electron chi connectivity index (χ1n) is 33.5. The minimum atomic E-state index is -0.343. The van der Waals surface area contributed by atoms with E-state index in [-0.39, 0.29) is 28.5 Å². The molecule has 2 aromatic heterocycles. The number of hydrogen-bond acceptors (Lipinski definition) is 5. The quantitative estimate of drug-likeness (QED) is 0.142. The topological polar surface area (TPSA) is 36.0 Å². The fourth-order valence-corrected chi connectivity index (χ4v) is 15.7. The van der Waals surface area contributed by atoms with Crippen molar-refractivity contribution in [3.8, 4) is 44.5 Å². The summed E-state index contributed by atoms with van der Waals surface area (Å²) in [5, 5.41) is 4.40. The number of hydrogen-bond donors (Lipinski definition) is 0. The summed E-state index contributed by atoms with van der Waals surface area (Å²) < 4.78 is 14.7. The number of benzene rings is 12. The van der Waals surface area contributed by atoms with E-state index in [9.17, 15) is 0 Å². The van der Waals surface area contributed by atoms with Crippen molar-refractivity contribution in [3.05, 3.63) is 277 Å². The summed E-state index contributed by atoms with van der Waals surface area (Å²) >= 11 is 0. The Bertz CT molecular complexity index is 5270. The maximum absolute atomic E-state index is 7.39. The van der Waals surface area contributed by atoms with Gasteiger partial charge in [0.2, 0.25) is 0 Å². The first-order valence-corrected chi connectivity index (χ1v) is 33.5. The Morgan fingerprint density at radius 2 is 0.926 bits per heavy atom. The highest BCUT2D eigenvalue weighted by Crippen LogP contribution is 2.56. The summed E-state index contributed by atoms with van der Waals surface area (Å²) in [6.45, 7) is 23.2. The standard InChI is InChI=1S/C88H76BN3O2/c1-85(2,3)60-36-39-62(40-37-60)92-76-51-69-68-50-72-73(88(9,10)45-44-87(72,7)8)54-81(68)93-80(69)53-71(76)82-83-78(52-70-66-34-20-21-35-79(66)94-84(70)82)91(75-43-38-61(86(4,5)6)48-67(75)57-28-18-13-19-29-57)77-49-65(41-42-74(77)89(83)92)90(63-32-22-30-58(46-63)55-24-14-11-15-25-55)64-33-23-31-59(47-64)56-26-16-12-17-27-56/h11-43,46-54H,44-45H2,1-10H3. The molecule has 0 saturated carbocycles. The molecule has 0 radical (unpaired) electrons. The van der Waals surface area contributed by atoms with Gasteiger partial charge in [-0.25, -0.2) is 0 Å². The lowest BCUT2D eigenvalue weighted by Gasteiger charge is -2.46. The molecular formula is C88H76BN3O2. The Morgan fingerprint density at radius 1 is 0.383 bits per heavy atom. The molecule has 458 valence electrons. The van der Waals surface area contributed by atoms with Crippen LogP contribution in [0.15, 0.2) is 264 Å². The minimum Gasteiger partial charge on any atom is -0.456 e. The third kappa shape index (κ3) is 9.26. The molecule has 2 aliphatic heterocycles. The molecule has 0 fully saturated rings. The molecule has 0 amide bonds. The third-order valence-electron chi connectivity index (χ3n) is 21.0. The predicted octanol–water partition coefficient (Wildman–Crippen LogP) is 23.6. The van der Waals surface area contributed by atoms with Gasteiger partial charge in [-0.05, 0) is 193 Å². The summed E-state index contributed by atoms with van der Waals surface area (Å²) in [5.41, 5.74) is 28.7. The summed E-state index contributed by atoms with van der Waals surface area (Å²) in [6.07, 6.45) is 2.25. The van der Waals surface area contributed by atoms with Gasteiger partial charge >= 0.3 is 6.85 Å². The highest BCUT2D eigenvalue weighted by molar-refractivity contribution is 6.94. The number of nitrogens with zero attached hydrogens (tertiary/aromatic N) is 3. The highest BCUT2D eigenvalue weighted by atomic mass is 16.3. The Morgan fingerprint density at radius 3 is 1.56 bits per heavy atom. The largest absolute Gasteiger partial charge is 0.456 e. The van der Waals surface area contributed by atoms with E-state index in [0.29, 0.717) is 0 Å². The predicted molar refractivity (Wildman–Crippen MR) is 398 cm³/mol. The second-order valence-electron chi connectivity index (χ2n) is 30.0. The number of para-hydroxylation sites is 1. The Kier molecular flexibility index (Phi) is 12.9. The average Bonchev–Trinajstić information content (AvgIpc) is 1.16. The van der Waals surface area contributed by atoms with Crippen LogP contribution in [-0.2, 0) is 21.7 Å². The van der Waals surface area contributed by atoms with E-state index in [2.05, 4.69) is 339 Å². The van der Waals surface area contributed by atoms with Crippen molar-refractivity contribution in [1.82, 2.24) is 0 Å². The van der Waals surface area contributed by atoms with Gasteiger partial charge in [-0.3, -0.25) is 0 Å². The molecule has 0 spiro atoms. The second kappa shape index (κ2) is 21.1. The molecule has 4 heterocycles. The van der Waals surface area contributed by atoms with Crippen LogP contribution in [0.25, 0.3) is 88.4 Å². The Labute approximate surface area is 552 Å². The van der Waals surface area contributed by atoms with Gasteiger partial charge in [-0.15, -0.1) is 0 Å². The van der Waals surface area contributed by atoms with Crippen LogP contribution < -0.4 is 25.5 Å². The molecule has 0 unspecified atom stereocenters. The van der Waals surface area contributed by atoms with Gasteiger partial charge in [-0.2, -0.15) is 0 Å². The number of rotatable bonds is 8. The molecule has 6 heteroatoms. The molecular weight excluding hydrogens is 1140 g/mol. The number of anilines is 8. The maximum atomic E-state index is 7.39. The molecule has 0 atom stereocenters. The van der Waals surface area contributed by atoms with Gasteiger partial charge in [0, 0.05) is 78.0 Å². The summed E-state index contributed by atoms with van der Waals surface area (Å²) in [5.74, 6) is 0. The van der Waals surface area contributed by atoms with Crippen LogP contribution in [0.3, 0.4) is 0 Å². The Balaban J connectivity index is 1.01. The third-order valence-corrected chi connectivity index (χ3v) is 21.0. The van der Waals surface area contributed by atoms with E-state index in [1.807, 2.05) is 0 Å². The van der Waals surface area contributed by atoms with Gasteiger partial charge in [0.05, 0.1) is 5.69 Å². The zero-order valence-corrected chi connectivity index (χ0v) is 55.4. The van der Waals surface area contributed by atoms with Crippen LogP contribution in [0.4, 0.5) is 45.5 Å². The average molecular weight is 1220 g/mol. The van der Waals surface area contributed by atoms with Gasteiger partial charge in [-0.1, -0.05) is 227 Å². The van der Waals surface area contributed by atoms with Gasteiger partial charge < -0.3 is 23.4 Å². The molecule has 0 N–H and O–H groups in total. The van der Waals surface area contributed by atoms with Crippen molar-refractivity contribution in [3.63, 3.8) is 0 Å². The number of fused-ring (bicyclic) bond motifs is 12. The summed E-state index contributed by atoms with van der Waals surface area (Å²) in [4.78, 5) is 7.74. The molecule has 3 aliphatic rings. The molecule has 0 bridgehead atoms. The van der Waals surface area contributed by atoms with Gasteiger partial charge in [0.15, 0.2) is 0 Å². The second-order valence-corrected chi connectivity index (χ2v) is 30.0. The fraction of sp³-hybridized carbons (Fsp3) is 0.182. The van der Waals surface area contributed by atoms with Gasteiger partial charge in [0.25, 0.3) is 0 Å². The fourth-order valence-electron chi connectivity index (χ4n) is 15.7. The lowest BCUT2D eigenvalue weighted by Crippen LogP contribution is -2.61. The van der Waals surface area contributed by atoms with Crippen LogP contribution in [0.1, 0.15) is 104 Å². The van der Waals surface area contributed by atoms with Crippen LogP contribution in [0.5, 0.6) is 0 Å². The van der Waals surface area contributed by atoms with Gasteiger partial charge in [0.1, 0.15) is 22.3 Å². The number of furan rings is 2. The van der Waals surface area contributed by atoms with Crippen molar-refractivity contribution >= 4 is 107 Å². The normalized spacial score (nSPS) is 14.7. The van der Waals surface area contributed by atoms with Crippen molar-refractivity contribution < 1.29 is 8.83 Å². The van der Waals surface area contributed by atoms with Crippen LogP contribution in [0.2, 0.25) is 0 Å². The van der Waals surface area contributed by atoms with E-state index in [4.69, 9.17) is 8.83 Å². The van der Waals surface area contributed by atoms with E-state index >= 15 is 0 Å². The molecule has 17 rings (SSSR count). The van der Waals surface area contributed by atoms with E-state index < -0.39 is 0 Å². The summed E-state index contributed by atoms with van der Waals surface area (Å²) in [7, 11) is 0. The first kappa shape index (κ1) is 57.6. The molecule has 0 saturated heterocycles. The monoisotopic (exact) mass is 1220 g/mol. The van der Waals surface area contributed by atoms with Crippen LogP contribution in [0, 0.1) is 0 Å².